The van der Waals surface area contributed by atoms with E-state index in [2.05, 4.69) is 32.6 Å². The number of nitrogens with one attached hydrogen (secondary N) is 2. The van der Waals surface area contributed by atoms with Crippen LogP contribution < -0.4 is 10.6 Å². The fraction of sp³-hybridized carbons (Fsp3) is 0.294. The van der Waals surface area contributed by atoms with Gasteiger partial charge < -0.3 is 10.6 Å². The van der Waals surface area contributed by atoms with Crippen LogP contribution in [0.4, 0.5) is 14.6 Å². The number of benzene rings is 1. The molecule has 2 aromatic heterocycles. The van der Waals surface area contributed by atoms with Crippen LogP contribution in [0.5, 0.6) is 0 Å². The number of carbonyl (C=O) groups is 1. The summed E-state index contributed by atoms with van der Waals surface area (Å²) in [6.45, 7) is 3.49. The van der Waals surface area contributed by atoms with Crippen LogP contribution in [-0.2, 0) is 6.54 Å². The Morgan fingerprint density at radius 2 is 2.04 bits per heavy atom. The lowest BCUT2D eigenvalue weighted by atomic mass is 10.2. The van der Waals surface area contributed by atoms with Gasteiger partial charge in [0.25, 0.3) is 5.91 Å². The molecule has 0 aliphatic rings. The predicted molar refractivity (Wildman–Crippen MR) is 92.8 cm³/mol. The third-order valence-corrected chi connectivity index (χ3v) is 3.77. The Morgan fingerprint density at radius 3 is 2.81 bits per heavy atom. The van der Waals surface area contributed by atoms with Gasteiger partial charge in [0.15, 0.2) is 17.3 Å². The molecule has 0 aliphatic carbocycles. The van der Waals surface area contributed by atoms with Crippen molar-refractivity contribution in [3.05, 3.63) is 47.9 Å². The van der Waals surface area contributed by atoms with Gasteiger partial charge in [0, 0.05) is 18.7 Å². The van der Waals surface area contributed by atoms with Crippen LogP contribution >= 0.6 is 0 Å². The molecule has 0 saturated heterocycles. The van der Waals surface area contributed by atoms with E-state index in [1.165, 1.54) is 12.4 Å². The van der Waals surface area contributed by atoms with E-state index < -0.39 is 17.5 Å². The van der Waals surface area contributed by atoms with Crippen LogP contribution in [-0.4, -0.2) is 38.7 Å². The summed E-state index contributed by atoms with van der Waals surface area (Å²) >= 11 is 0. The standard InChI is InChI=1S/C17H18F2N6O/c1-2-5-20-15-12-9-24-25(16(12)23-10-22-15)7-6-21-17(26)11-3-4-13(18)14(19)8-11/h3-4,8-10H,2,5-7H2,1H3,(H,21,26)(H,20,22,23). The molecule has 1 aromatic carbocycles. The van der Waals surface area contributed by atoms with Gasteiger partial charge in [-0.2, -0.15) is 5.10 Å². The van der Waals surface area contributed by atoms with Gasteiger partial charge in [-0.05, 0) is 24.6 Å². The quantitative estimate of drug-likeness (QED) is 0.676. The minimum absolute atomic E-state index is 0.0580. The largest absolute Gasteiger partial charge is 0.369 e. The molecule has 26 heavy (non-hydrogen) atoms. The van der Waals surface area contributed by atoms with Crippen LogP contribution in [0.1, 0.15) is 23.7 Å². The van der Waals surface area contributed by atoms with Gasteiger partial charge in [-0.15, -0.1) is 0 Å². The fourth-order valence-corrected chi connectivity index (χ4v) is 2.46. The maximum absolute atomic E-state index is 13.2. The summed E-state index contributed by atoms with van der Waals surface area (Å²) in [5.74, 6) is -1.81. The fourth-order valence-electron chi connectivity index (χ4n) is 2.46. The number of hydrogen-bond acceptors (Lipinski definition) is 5. The van der Waals surface area contributed by atoms with Crippen molar-refractivity contribution >= 4 is 22.8 Å². The van der Waals surface area contributed by atoms with E-state index in [4.69, 9.17) is 0 Å². The monoisotopic (exact) mass is 360 g/mol. The lowest BCUT2D eigenvalue weighted by Gasteiger charge is -2.07. The van der Waals surface area contributed by atoms with Gasteiger partial charge in [-0.1, -0.05) is 6.92 Å². The zero-order valence-electron chi connectivity index (χ0n) is 14.2. The number of aromatic nitrogens is 4. The average Bonchev–Trinajstić information content (AvgIpc) is 3.06. The Labute approximate surface area is 148 Å². The highest BCUT2D eigenvalue weighted by Crippen LogP contribution is 2.18. The van der Waals surface area contributed by atoms with Crippen molar-refractivity contribution in [3.8, 4) is 0 Å². The Bertz CT molecular complexity index is 927. The smallest absolute Gasteiger partial charge is 0.251 e. The van der Waals surface area contributed by atoms with Crippen LogP contribution in [0.2, 0.25) is 0 Å². The molecule has 0 bridgehead atoms. The number of carbonyl (C=O) groups excluding carboxylic acids is 1. The third-order valence-electron chi connectivity index (χ3n) is 3.77. The van der Waals surface area contributed by atoms with E-state index in [9.17, 15) is 13.6 Å². The zero-order chi connectivity index (χ0) is 18.5. The van der Waals surface area contributed by atoms with Gasteiger partial charge >= 0.3 is 0 Å². The molecule has 0 unspecified atom stereocenters. The highest BCUT2D eigenvalue weighted by Gasteiger charge is 2.11. The number of halogens is 2. The van der Waals surface area contributed by atoms with Gasteiger partial charge in [-0.25, -0.2) is 23.4 Å². The molecule has 136 valence electrons. The van der Waals surface area contributed by atoms with E-state index >= 15 is 0 Å². The molecule has 0 radical (unpaired) electrons. The first-order chi connectivity index (χ1) is 12.6. The highest BCUT2D eigenvalue weighted by molar-refractivity contribution is 5.94. The molecule has 7 nitrogen and oxygen atoms in total. The molecule has 0 saturated carbocycles. The van der Waals surface area contributed by atoms with Crippen molar-refractivity contribution in [1.29, 1.82) is 0 Å². The summed E-state index contributed by atoms with van der Waals surface area (Å²) in [6.07, 6.45) is 4.10. The van der Waals surface area contributed by atoms with E-state index in [0.29, 0.717) is 18.0 Å². The molecular formula is C17H18F2N6O. The van der Waals surface area contributed by atoms with E-state index in [1.807, 2.05) is 0 Å². The Balaban J connectivity index is 1.64. The van der Waals surface area contributed by atoms with Crippen LogP contribution in [0.3, 0.4) is 0 Å². The summed E-state index contributed by atoms with van der Waals surface area (Å²) in [5.41, 5.74) is 0.711. The second-order valence-corrected chi connectivity index (χ2v) is 5.64. The van der Waals surface area contributed by atoms with Gasteiger partial charge in [-0.3, -0.25) is 4.79 Å². The van der Waals surface area contributed by atoms with E-state index in [1.54, 1.807) is 10.9 Å². The maximum Gasteiger partial charge on any atom is 0.251 e. The van der Waals surface area contributed by atoms with Crippen LogP contribution in [0.15, 0.2) is 30.7 Å². The number of hydrogen-bond donors (Lipinski definition) is 2. The third kappa shape index (κ3) is 3.76. The van der Waals surface area contributed by atoms with Crippen molar-refractivity contribution in [1.82, 2.24) is 25.1 Å². The van der Waals surface area contributed by atoms with Crippen LogP contribution in [0.25, 0.3) is 11.0 Å². The molecular weight excluding hydrogens is 342 g/mol. The van der Waals surface area contributed by atoms with E-state index in [0.717, 1.165) is 30.5 Å². The predicted octanol–water partition coefficient (Wildman–Crippen LogP) is 2.36. The maximum atomic E-state index is 13.2. The molecule has 9 heteroatoms. The highest BCUT2D eigenvalue weighted by atomic mass is 19.2. The Hall–Kier alpha value is -3.10. The zero-order valence-corrected chi connectivity index (χ0v) is 14.2. The number of amides is 1. The normalized spacial score (nSPS) is 10.9. The van der Waals surface area contributed by atoms with E-state index in [-0.39, 0.29) is 12.1 Å². The summed E-state index contributed by atoms with van der Waals surface area (Å²) in [6, 6.07) is 3.02. The minimum Gasteiger partial charge on any atom is -0.369 e. The van der Waals surface area contributed by atoms with Gasteiger partial charge in [0.2, 0.25) is 0 Å². The van der Waals surface area contributed by atoms with Crippen molar-refractivity contribution in [2.75, 3.05) is 18.4 Å². The second kappa shape index (κ2) is 7.85. The second-order valence-electron chi connectivity index (χ2n) is 5.64. The topological polar surface area (TPSA) is 84.7 Å². The molecule has 0 spiro atoms. The van der Waals surface area contributed by atoms with Crippen molar-refractivity contribution < 1.29 is 13.6 Å². The van der Waals surface area contributed by atoms with Gasteiger partial charge in [0.1, 0.15) is 12.1 Å². The van der Waals surface area contributed by atoms with Crippen molar-refractivity contribution in [2.45, 2.75) is 19.9 Å². The molecule has 1 amide bonds. The van der Waals surface area contributed by atoms with Crippen LogP contribution in [0, 0.1) is 11.6 Å². The molecule has 3 rings (SSSR count). The molecule has 3 aromatic rings. The SMILES string of the molecule is CCCNc1ncnc2c1cnn2CCNC(=O)c1ccc(F)c(F)c1. The Kier molecular flexibility index (Phi) is 5.35. The minimum atomic E-state index is -1.06. The molecule has 0 fully saturated rings. The summed E-state index contributed by atoms with van der Waals surface area (Å²) < 4.78 is 27.8. The first-order valence-corrected chi connectivity index (χ1v) is 8.23. The first-order valence-electron chi connectivity index (χ1n) is 8.23. The number of anilines is 1. The summed E-state index contributed by atoms with van der Waals surface area (Å²) in [5, 5.41) is 10.9. The van der Waals surface area contributed by atoms with Crippen molar-refractivity contribution in [3.63, 3.8) is 0 Å². The molecule has 2 heterocycles. The lowest BCUT2D eigenvalue weighted by Crippen LogP contribution is -2.27. The molecule has 2 N–H and O–H groups in total. The van der Waals surface area contributed by atoms with Crippen molar-refractivity contribution in [2.24, 2.45) is 0 Å². The van der Waals surface area contributed by atoms with Gasteiger partial charge in [0.05, 0.1) is 18.1 Å². The summed E-state index contributed by atoms with van der Waals surface area (Å²) in [7, 11) is 0. The first kappa shape index (κ1) is 17.7. The average molecular weight is 360 g/mol. The number of nitrogens with zero attached hydrogens (tertiary/aromatic N) is 4. The Morgan fingerprint density at radius 1 is 1.19 bits per heavy atom. The number of fused-ring (bicyclic) bond motifs is 1. The number of rotatable bonds is 7. The molecule has 0 aliphatic heterocycles. The molecule has 0 atom stereocenters. The lowest BCUT2D eigenvalue weighted by molar-refractivity contribution is 0.0951. The summed E-state index contributed by atoms with van der Waals surface area (Å²) in [4.78, 5) is 20.4.